The number of carbonyl (C=O) groups excluding carboxylic acids is 1. The molecule has 3 N–H and O–H groups in total. The van der Waals surface area contributed by atoms with Crippen LogP contribution in [0.5, 0.6) is 0 Å². The minimum Gasteiger partial charge on any atom is -0.354 e. The maximum absolute atomic E-state index is 12.0. The molecule has 4 heteroatoms. The van der Waals surface area contributed by atoms with Crippen LogP contribution in [0.15, 0.2) is 0 Å². The third-order valence-electron chi connectivity index (χ3n) is 4.89. The van der Waals surface area contributed by atoms with Crippen molar-refractivity contribution in [2.24, 2.45) is 5.73 Å². The second-order valence-electron chi connectivity index (χ2n) is 6.25. The SMILES string of the molecule is CCC(N)(CC)C(=O)NCCCN(C)C1CCCCC1. The van der Waals surface area contributed by atoms with E-state index in [-0.39, 0.29) is 5.91 Å². The Labute approximate surface area is 124 Å². The summed E-state index contributed by atoms with van der Waals surface area (Å²) in [5.74, 6) is 0.00261. The molecule has 0 unspecified atom stereocenters. The first-order valence-electron chi connectivity index (χ1n) is 8.31. The zero-order valence-electron chi connectivity index (χ0n) is 13.6. The Hall–Kier alpha value is -0.610. The first-order chi connectivity index (χ1) is 9.53. The first kappa shape index (κ1) is 17.4. The van der Waals surface area contributed by atoms with Crippen molar-refractivity contribution >= 4 is 5.91 Å². The van der Waals surface area contributed by atoms with Crippen molar-refractivity contribution in [1.82, 2.24) is 10.2 Å². The van der Waals surface area contributed by atoms with Crippen molar-refractivity contribution in [3.05, 3.63) is 0 Å². The number of nitrogens with one attached hydrogen (secondary N) is 1. The lowest BCUT2D eigenvalue weighted by Gasteiger charge is -2.31. The Morgan fingerprint density at radius 2 is 1.85 bits per heavy atom. The minimum absolute atomic E-state index is 0.00261. The highest BCUT2D eigenvalue weighted by atomic mass is 16.2. The highest BCUT2D eigenvalue weighted by Crippen LogP contribution is 2.21. The van der Waals surface area contributed by atoms with Gasteiger partial charge in [0.1, 0.15) is 0 Å². The molecule has 1 aliphatic carbocycles. The number of rotatable bonds is 8. The molecule has 0 atom stereocenters. The van der Waals surface area contributed by atoms with Crippen LogP contribution in [0.1, 0.15) is 65.2 Å². The van der Waals surface area contributed by atoms with Gasteiger partial charge in [0.05, 0.1) is 5.54 Å². The first-order valence-corrected chi connectivity index (χ1v) is 8.31. The van der Waals surface area contributed by atoms with E-state index in [1.165, 1.54) is 32.1 Å². The van der Waals surface area contributed by atoms with E-state index in [0.29, 0.717) is 12.8 Å². The van der Waals surface area contributed by atoms with Gasteiger partial charge < -0.3 is 16.0 Å². The average molecular weight is 283 g/mol. The molecule has 0 saturated heterocycles. The summed E-state index contributed by atoms with van der Waals surface area (Å²) in [6, 6.07) is 0.749. The Kier molecular flexibility index (Phi) is 7.52. The molecule has 118 valence electrons. The third kappa shape index (κ3) is 5.06. The standard InChI is InChI=1S/C16H33N3O/c1-4-16(17,5-2)15(20)18-12-9-13-19(3)14-10-7-6-8-11-14/h14H,4-13,17H2,1-3H3,(H,18,20). The molecule has 0 bridgehead atoms. The number of nitrogens with zero attached hydrogens (tertiary/aromatic N) is 1. The van der Waals surface area contributed by atoms with Gasteiger partial charge in [0, 0.05) is 12.6 Å². The van der Waals surface area contributed by atoms with E-state index >= 15 is 0 Å². The van der Waals surface area contributed by atoms with Crippen LogP contribution in [0, 0.1) is 0 Å². The molecule has 20 heavy (non-hydrogen) atoms. The van der Waals surface area contributed by atoms with Gasteiger partial charge in [-0.3, -0.25) is 4.79 Å². The smallest absolute Gasteiger partial charge is 0.240 e. The van der Waals surface area contributed by atoms with Gasteiger partial charge in [0.25, 0.3) is 0 Å². The summed E-state index contributed by atoms with van der Waals surface area (Å²) < 4.78 is 0. The van der Waals surface area contributed by atoms with Crippen LogP contribution in [0.4, 0.5) is 0 Å². The predicted octanol–water partition coefficient (Wildman–Crippen LogP) is 2.27. The van der Waals surface area contributed by atoms with Crippen molar-refractivity contribution in [3.8, 4) is 0 Å². The van der Waals surface area contributed by atoms with Crippen molar-refractivity contribution < 1.29 is 4.79 Å². The predicted molar refractivity (Wildman–Crippen MR) is 84.6 cm³/mol. The zero-order chi connectivity index (χ0) is 15.0. The molecular weight excluding hydrogens is 250 g/mol. The third-order valence-corrected chi connectivity index (χ3v) is 4.89. The lowest BCUT2D eigenvalue weighted by Crippen LogP contribution is -2.53. The van der Waals surface area contributed by atoms with Gasteiger partial charge in [0.15, 0.2) is 0 Å². The van der Waals surface area contributed by atoms with Crippen molar-refractivity contribution in [2.45, 2.75) is 76.8 Å². The summed E-state index contributed by atoms with van der Waals surface area (Å²) in [5.41, 5.74) is 5.39. The largest absolute Gasteiger partial charge is 0.354 e. The van der Waals surface area contributed by atoms with Crippen LogP contribution in [0.25, 0.3) is 0 Å². The van der Waals surface area contributed by atoms with Gasteiger partial charge in [-0.15, -0.1) is 0 Å². The monoisotopic (exact) mass is 283 g/mol. The molecule has 0 spiro atoms. The molecule has 1 rings (SSSR count). The number of nitrogens with two attached hydrogens (primary N) is 1. The average Bonchev–Trinajstić information content (AvgIpc) is 2.51. The van der Waals surface area contributed by atoms with E-state index in [2.05, 4.69) is 17.3 Å². The highest BCUT2D eigenvalue weighted by molar-refractivity contribution is 5.85. The fourth-order valence-electron chi connectivity index (χ4n) is 2.98. The Bertz CT molecular complexity index is 283. The lowest BCUT2D eigenvalue weighted by atomic mass is 9.93. The van der Waals surface area contributed by atoms with Crippen LogP contribution >= 0.6 is 0 Å². The van der Waals surface area contributed by atoms with Gasteiger partial charge in [-0.05, 0) is 45.7 Å². The van der Waals surface area contributed by atoms with Crippen molar-refractivity contribution in [3.63, 3.8) is 0 Å². The summed E-state index contributed by atoms with van der Waals surface area (Å²) >= 11 is 0. The van der Waals surface area contributed by atoms with Gasteiger partial charge in [-0.1, -0.05) is 33.1 Å². The van der Waals surface area contributed by atoms with Crippen LogP contribution < -0.4 is 11.1 Å². The van der Waals surface area contributed by atoms with Crippen LogP contribution in [0.3, 0.4) is 0 Å². The van der Waals surface area contributed by atoms with Gasteiger partial charge in [-0.25, -0.2) is 0 Å². The quantitative estimate of drug-likeness (QED) is 0.672. The molecule has 4 nitrogen and oxygen atoms in total. The molecular formula is C16H33N3O. The van der Waals surface area contributed by atoms with E-state index in [1.807, 2.05) is 13.8 Å². The summed E-state index contributed by atoms with van der Waals surface area (Å²) in [4.78, 5) is 14.5. The summed E-state index contributed by atoms with van der Waals surface area (Å²) in [5, 5.41) is 2.99. The van der Waals surface area contributed by atoms with Crippen LogP contribution in [-0.2, 0) is 4.79 Å². The van der Waals surface area contributed by atoms with Gasteiger partial charge in [-0.2, -0.15) is 0 Å². The molecule has 0 radical (unpaired) electrons. The maximum Gasteiger partial charge on any atom is 0.240 e. The summed E-state index contributed by atoms with van der Waals surface area (Å²) in [6.07, 6.45) is 9.19. The number of carbonyl (C=O) groups is 1. The Balaban J connectivity index is 2.19. The number of amides is 1. The molecule has 0 aliphatic heterocycles. The second-order valence-corrected chi connectivity index (χ2v) is 6.25. The molecule has 0 aromatic rings. The molecule has 1 fully saturated rings. The Morgan fingerprint density at radius 3 is 2.40 bits per heavy atom. The topological polar surface area (TPSA) is 58.4 Å². The maximum atomic E-state index is 12.0. The number of hydrogen-bond donors (Lipinski definition) is 2. The molecule has 0 aromatic carbocycles. The molecule has 1 amide bonds. The normalized spacial score (nSPS) is 17.4. The number of hydrogen-bond acceptors (Lipinski definition) is 3. The molecule has 1 aliphatic rings. The Morgan fingerprint density at radius 1 is 1.25 bits per heavy atom. The van der Waals surface area contributed by atoms with Gasteiger partial charge >= 0.3 is 0 Å². The van der Waals surface area contributed by atoms with E-state index in [9.17, 15) is 4.79 Å². The van der Waals surface area contributed by atoms with Crippen LogP contribution in [-0.4, -0.2) is 42.5 Å². The van der Waals surface area contributed by atoms with E-state index in [1.54, 1.807) is 0 Å². The van der Waals surface area contributed by atoms with E-state index in [0.717, 1.165) is 25.6 Å². The van der Waals surface area contributed by atoms with Crippen LogP contribution in [0.2, 0.25) is 0 Å². The van der Waals surface area contributed by atoms with E-state index < -0.39 is 5.54 Å². The zero-order valence-corrected chi connectivity index (χ0v) is 13.6. The van der Waals surface area contributed by atoms with E-state index in [4.69, 9.17) is 5.73 Å². The fraction of sp³-hybridized carbons (Fsp3) is 0.938. The van der Waals surface area contributed by atoms with Crippen molar-refractivity contribution in [1.29, 1.82) is 0 Å². The summed E-state index contributed by atoms with van der Waals surface area (Å²) in [7, 11) is 2.21. The fourth-order valence-corrected chi connectivity index (χ4v) is 2.98. The second kappa shape index (κ2) is 8.63. The summed E-state index contributed by atoms with van der Waals surface area (Å²) in [6.45, 7) is 5.73. The lowest BCUT2D eigenvalue weighted by molar-refractivity contribution is -0.126. The molecule has 0 heterocycles. The minimum atomic E-state index is -0.685. The molecule has 0 aromatic heterocycles. The van der Waals surface area contributed by atoms with Crippen molar-refractivity contribution in [2.75, 3.05) is 20.1 Å². The van der Waals surface area contributed by atoms with Gasteiger partial charge in [0.2, 0.25) is 5.91 Å². The molecule has 1 saturated carbocycles. The highest BCUT2D eigenvalue weighted by Gasteiger charge is 2.29.